The number of urea groups is 1. The molecule has 2 aliphatic rings. The summed E-state index contributed by atoms with van der Waals surface area (Å²) in [6, 6.07) is 9.71. The van der Waals surface area contributed by atoms with Crippen LogP contribution in [0.1, 0.15) is 50.3 Å². The van der Waals surface area contributed by atoms with Crippen molar-refractivity contribution in [3.8, 4) is 5.69 Å². The summed E-state index contributed by atoms with van der Waals surface area (Å²) < 4.78 is 2.02. The lowest BCUT2D eigenvalue weighted by atomic mass is 10.2. The van der Waals surface area contributed by atoms with Crippen LogP contribution in [0.2, 0.25) is 0 Å². The molecule has 3 amide bonds. The zero-order valence-corrected chi connectivity index (χ0v) is 15.9. The van der Waals surface area contributed by atoms with E-state index in [0.29, 0.717) is 11.1 Å². The number of imide groups is 1. The van der Waals surface area contributed by atoms with E-state index in [1.165, 1.54) is 11.8 Å². The fourth-order valence-electron chi connectivity index (χ4n) is 3.38. The molecule has 0 aliphatic heterocycles. The topological polar surface area (TPSA) is 88.9 Å². The van der Waals surface area contributed by atoms with E-state index in [2.05, 4.69) is 20.8 Å². The Morgan fingerprint density at radius 2 is 1.81 bits per heavy atom. The maximum absolute atomic E-state index is 12.2. The predicted octanol–water partition coefficient (Wildman–Crippen LogP) is 3.01. The summed E-state index contributed by atoms with van der Waals surface area (Å²) in [5.74, 6) is 1.18. The molecule has 0 saturated heterocycles. The number of hydrogen-bond donors (Lipinski definition) is 2. The van der Waals surface area contributed by atoms with Crippen molar-refractivity contribution in [1.29, 1.82) is 0 Å². The average molecular weight is 385 g/mol. The van der Waals surface area contributed by atoms with Crippen LogP contribution < -0.4 is 10.6 Å². The van der Waals surface area contributed by atoms with E-state index in [0.717, 1.165) is 50.0 Å². The monoisotopic (exact) mass is 385 g/mol. The molecule has 4 rings (SSSR count). The van der Waals surface area contributed by atoms with Gasteiger partial charge in [0.15, 0.2) is 5.16 Å². The van der Waals surface area contributed by atoms with Gasteiger partial charge in [-0.05, 0) is 37.8 Å². The minimum Gasteiger partial charge on any atom is -0.335 e. The first kappa shape index (κ1) is 18.0. The third kappa shape index (κ3) is 4.50. The number of amides is 3. The molecule has 2 saturated carbocycles. The fraction of sp³-hybridized carbons (Fsp3) is 0.474. The molecule has 8 heteroatoms. The van der Waals surface area contributed by atoms with Gasteiger partial charge in [0.25, 0.3) is 0 Å². The third-order valence-electron chi connectivity index (χ3n) is 4.89. The maximum atomic E-state index is 12.2. The molecule has 0 bridgehead atoms. The number of carbonyl (C=O) groups excluding carboxylic acids is 2. The maximum Gasteiger partial charge on any atom is 0.321 e. The van der Waals surface area contributed by atoms with Crippen LogP contribution in [0.5, 0.6) is 0 Å². The number of benzene rings is 1. The number of rotatable bonds is 6. The number of para-hydroxylation sites is 1. The highest BCUT2D eigenvalue weighted by molar-refractivity contribution is 7.99. The molecule has 2 fully saturated rings. The second kappa shape index (κ2) is 8.12. The molecule has 0 atom stereocenters. The molecular weight excluding hydrogens is 362 g/mol. The van der Waals surface area contributed by atoms with Crippen molar-refractivity contribution in [1.82, 2.24) is 25.4 Å². The van der Waals surface area contributed by atoms with Crippen LogP contribution in [0.15, 0.2) is 35.5 Å². The molecule has 27 heavy (non-hydrogen) atoms. The van der Waals surface area contributed by atoms with Gasteiger partial charge in [-0.3, -0.25) is 14.7 Å². The van der Waals surface area contributed by atoms with Crippen molar-refractivity contribution in [3.63, 3.8) is 0 Å². The molecule has 0 unspecified atom stereocenters. The molecule has 2 aliphatic carbocycles. The first-order valence-corrected chi connectivity index (χ1v) is 10.4. The standard InChI is InChI=1S/C19H23N5O2S/c25-16(21-18(26)20-14-6-4-5-7-14)12-27-19-23-22-17(13-10-11-13)24(19)15-8-2-1-3-9-15/h1-3,8-9,13-14H,4-7,10-12H2,(H2,20,21,25,26). The number of carbonyl (C=O) groups is 2. The SMILES string of the molecule is O=C(CSc1nnc(C2CC2)n1-c1ccccc1)NC(=O)NC1CCCC1. The normalized spacial score (nSPS) is 17.0. The molecule has 1 aromatic carbocycles. The summed E-state index contributed by atoms with van der Waals surface area (Å²) in [5, 5.41) is 14.6. The van der Waals surface area contributed by atoms with Crippen molar-refractivity contribution >= 4 is 23.7 Å². The Labute approximate surface area is 162 Å². The number of nitrogens with zero attached hydrogens (tertiary/aromatic N) is 3. The van der Waals surface area contributed by atoms with Gasteiger partial charge in [-0.1, -0.05) is 42.8 Å². The second-order valence-electron chi connectivity index (χ2n) is 7.08. The van der Waals surface area contributed by atoms with Crippen LogP contribution in [0.3, 0.4) is 0 Å². The molecule has 7 nitrogen and oxygen atoms in total. The Bertz CT molecular complexity index is 813. The smallest absolute Gasteiger partial charge is 0.321 e. The number of nitrogens with one attached hydrogen (secondary N) is 2. The highest BCUT2D eigenvalue weighted by Crippen LogP contribution is 2.41. The van der Waals surface area contributed by atoms with E-state index in [9.17, 15) is 9.59 Å². The van der Waals surface area contributed by atoms with Crippen molar-refractivity contribution in [2.24, 2.45) is 0 Å². The molecule has 0 radical (unpaired) electrons. The first-order valence-electron chi connectivity index (χ1n) is 9.44. The van der Waals surface area contributed by atoms with Crippen molar-refractivity contribution < 1.29 is 9.59 Å². The summed E-state index contributed by atoms with van der Waals surface area (Å²) in [5.41, 5.74) is 0.992. The molecule has 0 spiro atoms. The summed E-state index contributed by atoms with van der Waals surface area (Å²) in [6.45, 7) is 0. The van der Waals surface area contributed by atoms with E-state index < -0.39 is 6.03 Å². The molecule has 1 aromatic heterocycles. The molecule has 2 aromatic rings. The highest BCUT2D eigenvalue weighted by Gasteiger charge is 2.31. The van der Waals surface area contributed by atoms with Gasteiger partial charge in [-0.2, -0.15) is 0 Å². The lowest BCUT2D eigenvalue weighted by Gasteiger charge is -2.12. The Morgan fingerprint density at radius 3 is 2.52 bits per heavy atom. The minimum atomic E-state index is -0.407. The summed E-state index contributed by atoms with van der Waals surface area (Å²) in [7, 11) is 0. The van der Waals surface area contributed by atoms with E-state index in [-0.39, 0.29) is 17.7 Å². The third-order valence-corrected chi connectivity index (χ3v) is 5.82. The van der Waals surface area contributed by atoms with Gasteiger partial charge in [0.2, 0.25) is 5.91 Å². The predicted molar refractivity (Wildman–Crippen MR) is 103 cm³/mol. The van der Waals surface area contributed by atoms with Crippen LogP contribution in [-0.2, 0) is 4.79 Å². The Hall–Kier alpha value is -2.35. The zero-order valence-electron chi connectivity index (χ0n) is 15.1. The average Bonchev–Trinajstić information content (AvgIpc) is 3.22. The number of hydrogen-bond acceptors (Lipinski definition) is 5. The van der Waals surface area contributed by atoms with Gasteiger partial charge in [-0.25, -0.2) is 4.79 Å². The summed E-state index contributed by atoms with van der Waals surface area (Å²) >= 11 is 1.30. The zero-order chi connectivity index (χ0) is 18.6. The fourth-order valence-corrected chi connectivity index (χ4v) is 4.14. The van der Waals surface area contributed by atoms with Gasteiger partial charge < -0.3 is 5.32 Å². The van der Waals surface area contributed by atoms with E-state index in [4.69, 9.17) is 0 Å². The van der Waals surface area contributed by atoms with E-state index >= 15 is 0 Å². The second-order valence-corrected chi connectivity index (χ2v) is 8.02. The lowest BCUT2D eigenvalue weighted by molar-refractivity contribution is -0.117. The Kier molecular flexibility index (Phi) is 5.42. The van der Waals surface area contributed by atoms with Crippen molar-refractivity contribution in [3.05, 3.63) is 36.2 Å². The highest BCUT2D eigenvalue weighted by atomic mass is 32.2. The molecule has 2 N–H and O–H groups in total. The van der Waals surface area contributed by atoms with Gasteiger partial charge in [0, 0.05) is 17.6 Å². The quantitative estimate of drug-likeness (QED) is 0.746. The number of aromatic nitrogens is 3. The van der Waals surface area contributed by atoms with Crippen molar-refractivity contribution in [2.75, 3.05) is 5.75 Å². The minimum absolute atomic E-state index is 0.119. The van der Waals surface area contributed by atoms with E-state index in [1.807, 2.05) is 34.9 Å². The first-order chi connectivity index (χ1) is 13.2. The van der Waals surface area contributed by atoms with Crippen LogP contribution in [-0.4, -0.2) is 38.5 Å². The number of thioether (sulfide) groups is 1. The van der Waals surface area contributed by atoms with Crippen molar-refractivity contribution in [2.45, 2.75) is 55.6 Å². The Morgan fingerprint density at radius 1 is 1.07 bits per heavy atom. The molecule has 142 valence electrons. The van der Waals surface area contributed by atoms with Crippen LogP contribution in [0.25, 0.3) is 5.69 Å². The molecular formula is C19H23N5O2S. The van der Waals surface area contributed by atoms with Gasteiger partial charge >= 0.3 is 6.03 Å². The van der Waals surface area contributed by atoms with Crippen LogP contribution in [0.4, 0.5) is 4.79 Å². The Balaban J connectivity index is 1.38. The summed E-state index contributed by atoms with van der Waals surface area (Å²) in [6.07, 6.45) is 6.48. The lowest BCUT2D eigenvalue weighted by Crippen LogP contribution is -2.44. The summed E-state index contributed by atoms with van der Waals surface area (Å²) in [4.78, 5) is 24.1. The molecule has 1 heterocycles. The van der Waals surface area contributed by atoms with Gasteiger partial charge in [-0.15, -0.1) is 10.2 Å². The van der Waals surface area contributed by atoms with Gasteiger partial charge in [0.05, 0.1) is 5.75 Å². The van der Waals surface area contributed by atoms with E-state index in [1.54, 1.807) is 0 Å². The van der Waals surface area contributed by atoms with Crippen LogP contribution in [0, 0.1) is 0 Å². The van der Waals surface area contributed by atoms with Crippen LogP contribution >= 0.6 is 11.8 Å². The largest absolute Gasteiger partial charge is 0.335 e. The van der Waals surface area contributed by atoms with Gasteiger partial charge in [0.1, 0.15) is 5.82 Å².